The Morgan fingerprint density at radius 3 is 2.91 bits per heavy atom. The topological polar surface area (TPSA) is 59.7 Å². The highest BCUT2D eigenvalue weighted by Gasteiger charge is 2.30. The van der Waals surface area contributed by atoms with Gasteiger partial charge in [-0.15, -0.1) is 11.3 Å². The molecule has 0 saturated carbocycles. The van der Waals surface area contributed by atoms with Crippen molar-refractivity contribution in [1.29, 1.82) is 0 Å². The van der Waals surface area contributed by atoms with Crippen LogP contribution < -0.4 is 0 Å². The average Bonchev–Trinajstić information content (AvgIpc) is 3.30. The Bertz CT molecular complexity index is 781. The standard InChI is InChI=1S/C16H18N6S/c1-21-8-6-20-16(21)15-14(18-4-5-19-15)13-3-2-7-22(13)10-12-9-17-11-23-12/h4-6,8-9,11,13H,2-3,7,10H2,1H3/t13-/m0/s1. The molecule has 0 N–H and O–H groups in total. The summed E-state index contributed by atoms with van der Waals surface area (Å²) in [6.07, 6.45) is 11.5. The van der Waals surface area contributed by atoms with Crippen LogP contribution in [-0.4, -0.2) is 35.9 Å². The summed E-state index contributed by atoms with van der Waals surface area (Å²) in [5.74, 6) is 0.873. The molecule has 4 heterocycles. The number of rotatable bonds is 4. The summed E-state index contributed by atoms with van der Waals surface area (Å²) in [4.78, 5) is 21.6. The van der Waals surface area contributed by atoms with E-state index < -0.39 is 0 Å². The number of aromatic nitrogens is 5. The highest BCUT2D eigenvalue weighted by atomic mass is 32.1. The zero-order chi connectivity index (χ0) is 15.6. The van der Waals surface area contributed by atoms with Crippen molar-refractivity contribution in [3.8, 4) is 11.5 Å². The Kier molecular flexibility index (Phi) is 3.88. The summed E-state index contributed by atoms with van der Waals surface area (Å²) in [7, 11) is 1.99. The number of hydrogen-bond acceptors (Lipinski definition) is 6. The van der Waals surface area contributed by atoms with Crippen molar-refractivity contribution >= 4 is 11.3 Å². The SMILES string of the molecule is Cn1ccnc1-c1nccnc1[C@@H]1CCCN1Cc1cncs1. The van der Waals surface area contributed by atoms with Crippen LogP contribution in [0.15, 0.2) is 36.5 Å². The van der Waals surface area contributed by atoms with Crippen LogP contribution in [0.2, 0.25) is 0 Å². The first-order valence-electron chi connectivity index (χ1n) is 7.73. The minimum atomic E-state index is 0.289. The lowest BCUT2D eigenvalue weighted by Gasteiger charge is -2.24. The zero-order valence-corrected chi connectivity index (χ0v) is 13.8. The van der Waals surface area contributed by atoms with Crippen LogP contribution in [0.1, 0.15) is 29.5 Å². The summed E-state index contributed by atoms with van der Waals surface area (Å²) >= 11 is 1.71. The molecule has 118 valence electrons. The van der Waals surface area contributed by atoms with Gasteiger partial charge in [-0.1, -0.05) is 0 Å². The van der Waals surface area contributed by atoms with Gasteiger partial charge >= 0.3 is 0 Å². The Morgan fingerprint density at radius 1 is 1.22 bits per heavy atom. The number of nitrogens with zero attached hydrogens (tertiary/aromatic N) is 6. The van der Waals surface area contributed by atoms with Crippen molar-refractivity contribution in [2.24, 2.45) is 7.05 Å². The highest BCUT2D eigenvalue weighted by Crippen LogP contribution is 2.36. The molecule has 23 heavy (non-hydrogen) atoms. The predicted molar refractivity (Wildman–Crippen MR) is 88.7 cm³/mol. The quantitative estimate of drug-likeness (QED) is 0.738. The zero-order valence-electron chi connectivity index (χ0n) is 13.0. The van der Waals surface area contributed by atoms with E-state index in [1.165, 1.54) is 11.3 Å². The largest absolute Gasteiger partial charge is 0.333 e. The molecule has 1 aliphatic heterocycles. The molecule has 0 amide bonds. The molecule has 1 saturated heterocycles. The van der Waals surface area contributed by atoms with E-state index in [1.807, 2.05) is 29.5 Å². The number of thiazole rings is 1. The van der Waals surface area contributed by atoms with Crippen molar-refractivity contribution in [3.63, 3.8) is 0 Å². The summed E-state index contributed by atoms with van der Waals surface area (Å²) in [5.41, 5.74) is 3.81. The van der Waals surface area contributed by atoms with Crippen molar-refractivity contribution in [2.45, 2.75) is 25.4 Å². The number of hydrogen-bond donors (Lipinski definition) is 0. The Labute approximate surface area is 138 Å². The maximum atomic E-state index is 4.67. The Morgan fingerprint density at radius 2 is 2.13 bits per heavy atom. The molecule has 6 nitrogen and oxygen atoms in total. The maximum absolute atomic E-state index is 4.67. The summed E-state index contributed by atoms with van der Waals surface area (Å²) in [6.45, 7) is 2.01. The van der Waals surface area contributed by atoms with Gasteiger partial charge in [-0.25, -0.2) is 9.97 Å². The maximum Gasteiger partial charge on any atom is 0.160 e. The van der Waals surface area contributed by atoms with E-state index in [0.29, 0.717) is 0 Å². The molecule has 7 heteroatoms. The first-order chi connectivity index (χ1) is 11.3. The van der Waals surface area contributed by atoms with Gasteiger partial charge in [0.05, 0.1) is 17.2 Å². The van der Waals surface area contributed by atoms with E-state index in [4.69, 9.17) is 0 Å². The third-order valence-electron chi connectivity index (χ3n) is 4.28. The van der Waals surface area contributed by atoms with Crippen molar-refractivity contribution in [3.05, 3.63) is 47.1 Å². The van der Waals surface area contributed by atoms with Gasteiger partial charge in [0.15, 0.2) is 5.82 Å². The van der Waals surface area contributed by atoms with E-state index in [9.17, 15) is 0 Å². The lowest BCUT2D eigenvalue weighted by Crippen LogP contribution is -2.24. The first-order valence-corrected chi connectivity index (χ1v) is 8.61. The van der Waals surface area contributed by atoms with Crippen LogP contribution in [-0.2, 0) is 13.6 Å². The molecule has 0 radical (unpaired) electrons. The van der Waals surface area contributed by atoms with Gasteiger partial charge in [0.2, 0.25) is 0 Å². The van der Waals surface area contributed by atoms with Crippen LogP contribution >= 0.6 is 11.3 Å². The minimum Gasteiger partial charge on any atom is -0.333 e. The highest BCUT2D eigenvalue weighted by molar-refractivity contribution is 7.09. The Balaban J connectivity index is 1.68. The molecule has 0 aliphatic carbocycles. The molecule has 0 aromatic carbocycles. The van der Waals surface area contributed by atoms with Gasteiger partial charge in [0.25, 0.3) is 0 Å². The van der Waals surface area contributed by atoms with Gasteiger partial charge in [0, 0.05) is 49.5 Å². The molecule has 1 aliphatic rings. The predicted octanol–water partition coefficient (Wildman–Crippen LogP) is 2.67. The van der Waals surface area contributed by atoms with Gasteiger partial charge < -0.3 is 4.57 Å². The van der Waals surface area contributed by atoms with Crippen LogP contribution in [0.3, 0.4) is 0 Å². The number of imidazole rings is 1. The monoisotopic (exact) mass is 326 g/mol. The average molecular weight is 326 g/mol. The summed E-state index contributed by atoms with van der Waals surface area (Å²) in [5, 5.41) is 0. The van der Waals surface area contributed by atoms with Gasteiger partial charge in [-0.2, -0.15) is 0 Å². The second-order valence-electron chi connectivity index (χ2n) is 5.75. The molecular weight excluding hydrogens is 308 g/mol. The number of aryl methyl sites for hydroxylation is 1. The van der Waals surface area contributed by atoms with E-state index in [-0.39, 0.29) is 6.04 Å². The molecule has 1 atom stereocenters. The van der Waals surface area contributed by atoms with E-state index in [0.717, 1.165) is 36.7 Å². The smallest absolute Gasteiger partial charge is 0.160 e. The molecule has 1 fully saturated rings. The molecule has 4 rings (SSSR count). The molecular formula is C16H18N6S. The van der Waals surface area contributed by atoms with Crippen LogP contribution in [0.4, 0.5) is 0 Å². The van der Waals surface area contributed by atoms with Crippen LogP contribution in [0.25, 0.3) is 11.5 Å². The van der Waals surface area contributed by atoms with Crippen molar-refractivity contribution in [2.75, 3.05) is 6.54 Å². The van der Waals surface area contributed by atoms with Crippen LogP contribution in [0, 0.1) is 0 Å². The molecule has 3 aromatic heterocycles. The third kappa shape index (κ3) is 2.77. The summed E-state index contributed by atoms with van der Waals surface area (Å²) < 4.78 is 2.00. The minimum absolute atomic E-state index is 0.289. The lowest BCUT2D eigenvalue weighted by atomic mass is 10.1. The fourth-order valence-corrected chi connectivity index (χ4v) is 3.82. The normalized spacial score (nSPS) is 18.6. The van der Waals surface area contributed by atoms with E-state index in [1.54, 1.807) is 29.9 Å². The van der Waals surface area contributed by atoms with Crippen molar-refractivity contribution in [1.82, 2.24) is 29.4 Å². The second kappa shape index (κ2) is 6.17. The number of likely N-dealkylation sites (tertiary alicyclic amines) is 1. The van der Waals surface area contributed by atoms with Crippen molar-refractivity contribution < 1.29 is 0 Å². The van der Waals surface area contributed by atoms with Gasteiger partial charge in [-0.3, -0.25) is 14.9 Å². The fraction of sp³-hybridized carbons (Fsp3) is 0.375. The van der Waals surface area contributed by atoms with Gasteiger partial charge in [-0.05, 0) is 19.4 Å². The molecule has 0 spiro atoms. The molecule has 0 bridgehead atoms. The third-order valence-corrected chi connectivity index (χ3v) is 5.05. The molecule has 0 unspecified atom stereocenters. The lowest BCUT2D eigenvalue weighted by molar-refractivity contribution is 0.246. The fourth-order valence-electron chi connectivity index (χ4n) is 3.20. The second-order valence-corrected chi connectivity index (χ2v) is 6.72. The van der Waals surface area contributed by atoms with E-state index >= 15 is 0 Å². The van der Waals surface area contributed by atoms with E-state index in [2.05, 4.69) is 24.8 Å². The van der Waals surface area contributed by atoms with Crippen LogP contribution in [0.5, 0.6) is 0 Å². The van der Waals surface area contributed by atoms with Gasteiger partial charge in [0.1, 0.15) is 5.69 Å². The molecule has 3 aromatic rings. The first kappa shape index (κ1) is 14.5. The summed E-state index contributed by atoms with van der Waals surface area (Å²) in [6, 6.07) is 0.289. The Hall–Kier alpha value is -2.12.